The summed E-state index contributed by atoms with van der Waals surface area (Å²) in [5.41, 5.74) is 0.495. The summed E-state index contributed by atoms with van der Waals surface area (Å²) in [6.07, 6.45) is 1.39. The maximum absolute atomic E-state index is 12.7. The monoisotopic (exact) mass is 286 g/mol. The lowest BCUT2D eigenvalue weighted by Crippen LogP contribution is -2.20. The number of thiazole rings is 1. The van der Waals surface area contributed by atoms with Crippen LogP contribution >= 0.6 is 22.9 Å². The number of aliphatic carboxylic acids is 1. The van der Waals surface area contributed by atoms with Gasteiger partial charge in [-0.15, -0.1) is 11.3 Å². The van der Waals surface area contributed by atoms with Crippen LogP contribution in [0.5, 0.6) is 0 Å². The number of halogens is 2. The van der Waals surface area contributed by atoms with Crippen molar-refractivity contribution in [2.45, 2.75) is 6.04 Å². The summed E-state index contributed by atoms with van der Waals surface area (Å²) < 4.78 is 13.2. The van der Waals surface area contributed by atoms with Gasteiger partial charge in [0.25, 0.3) is 0 Å². The quantitative estimate of drug-likeness (QED) is 0.906. The number of hydrogen-bond donors (Lipinski definition) is 2. The fourth-order valence-electron chi connectivity index (χ4n) is 1.34. The first-order valence-electron chi connectivity index (χ1n) is 4.92. The molecule has 1 atom stereocenters. The average molecular weight is 287 g/mol. The molecule has 18 heavy (non-hydrogen) atoms. The summed E-state index contributed by atoms with van der Waals surface area (Å²) in [6.45, 7) is 0. The highest BCUT2D eigenvalue weighted by Crippen LogP contribution is 2.27. The van der Waals surface area contributed by atoms with Crippen LogP contribution in [0.2, 0.25) is 4.34 Å². The summed E-state index contributed by atoms with van der Waals surface area (Å²) >= 11 is 6.80. The minimum atomic E-state index is -1.08. The third-order valence-electron chi connectivity index (χ3n) is 2.14. The molecule has 0 fully saturated rings. The second-order valence-electron chi connectivity index (χ2n) is 3.43. The number of rotatable bonds is 4. The van der Waals surface area contributed by atoms with Crippen molar-refractivity contribution < 1.29 is 14.3 Å². The standard InChI is InChI=1S/C11H8ClFN2O2S/c12-8-5-14-10(18-8)9(11(16)17)15-7-3-1-6(13)2-4-7/h1-5,9,15H,(H,16,17). The van der Waals surface area contributed by atoms with Crippen molar-refractivity contribution in [1.82, 2.24) is 4.98 Å². The lowest BCUT2D eigenvalue weighted by Gasteiger charge is -2.13. The van der Waals surface area contributed by atoms with Gasteiger partial charge in [-0.2, -0.15) is 0 Å². The van der Waals surface area contributed by atoms with E-state index in [9.17, 15) is 9.18 Å². The predicted molar refractivity (Wildman–Crippen MR) is 67.5 cm³/mol. The number of anilines is 1. The summed E-state index contributed by atoms with van der Waals surface area (Å²) in [6, 6.07) is 4.40. The average Bonchev–Trinajstić information content (AvgIpc) is 2.74. The minimum Gasteiger partial charge on any atom is -0.479 e. The molecule has 0 bridgehead atoms. The van der Waals surface area contributed by atoms with Gasteiger partial charge in [0.1, 0.15) is 15.2 Å². The lowest BCUT2D eigenvalue weighted by atomic mass is 10.2. The first-order valence-corrected chi connectivity index (χ1v) is 6.12. The van der Waals surface area contributed by atoms with E-state index in [0.717, 1.165) is 11.3 Å². The van der Waals surface area contributed by atoms with Gasteiger partial charge in [-0.25, -0.2) is 14.2 Å². The molecule has 94 valence electrons. The number of carboxylic acids is 1. The second-order valence-corrected chi connectivity index (χ2v) is 5.12. The first-order chi connectivity index (χ1) is 8.56. The van der Waals surface area contributed by atoms with Crippen LogP contribution in [-0.4, -0.2) is 16.1 Å². The SMILES string of the molecule is O=C(O)C(Nc1ccc(F)cc1)c1ncc(Cl)s1. The molecular formula is C11H8ClFN2O2S. The number of benzene rings is 1. The molecular weight excluding hydrogens is 279 g/mol. The fraction of sp³-hybridized carbons (Fsp3) is 0.0909. The Bertz CT molecular complexity index is 558. The Morgan fingerprint density at radius 3 is 2.61 bits per heavy atom. The maximum Gasteiger partial charge on any atom is 0.333 e. The zero-order valence-electron chi connectivity index (χ0n) is 8.93. The molecule has 0 aliphatic rings. The van der Waals surface area contributed by atoms with Crippen LogP contribution in [0.25, 0.3) is 0 Å². The van der Waals surface area contributed by atoms with Crippen molar-refractivity contribution >= 4 is 34.6 Å². The molecule has 0 saturated heterocycles. The van der Waals surface area contributed by atoms with Crippen LogP contribution in [0, 0.1) is 5.82 Å². The highest BCUT2D eigenvalue weighted by atomic mass is 35.5. The fourth-order valence-corrected chi connectivity index (χ4v) is 2.32. The smallest absolute Gasteiger partial charge is 0.333 e. The van der Waals surface area contributed by atoms with E-state index < -0.39 is 12.0 Å². The highest BCUT2D eigenvalue weighted by Gasteiger charge is 2.23. The van der Waals surface area contributed by atoms with Crippen molar-refractivity contribution in [2.24, 2.45) is 0 Å². The Morgan fingerprint density at radius 2 is 2.11 bits per heavy atom. The highest BCUT2D eigenvalue weighted by molar-refractivity contribution is 7.16. The second kappa shape index (κ2) is 5.32. The van der Waals surface area contributed by atoms with Gasteiger partial charge < -0.3 is 10.4 Å². The molecule has 2 aromatic rings. The van der Waals surface area contributed by atoms with Crippen LogP contribution in [0.1, 0.15) is 11.0 Å². The number of carboxylic acid groups (broad SMARTS) is 1. The molecule has 0 amide bonds. The molecule has 0 aliphatic carbocycles. The summed E-state index contributed by atoms with van der Waals surface area (Å²) in [5, 5.41) is 12.2. The third-order valence-corrected chi connectivity index (χ3v) is 3.32. The van der Waals surface area contributed by atoms with E-state index >= 15 is 0 Å². The van der Waals surface area contributed by atoms with Crippen molar-refractivity contribution in [3.63, 3.8) is 0 Å². The van der Waals surface area contributed by atoms with Crippen molar-refractivity contribution in [1.29, 1.82) is 0 Å². The van der Waals surface area contributed by atoms with Gasteiger partial charge in [-0.3, -0.25) is 0 Å². The molecule has 0 spiro atoms. The van der Waals surface area contributed by atoms with Gasteiger partial charge in [0.2, 0.25) is 0 Å². The van der Waals surface area contributed by atoms with E-state index in [2.05, 4.69) is 10.3 Å². The third kappa shape index (κ3) is 2.96. The maximum atomic E-state index is 12.7. The van der Waals surface area contributed by atoms with Crippen LogP contribution < -0.4 is 5.32 Å². The number of carbonyl (C=O) groups is 1. The minimum absolute atomic E-state index is 0.344. The molecule has 0 aliphatic heterocycles. The molecule has 1 heterocycles. The number of hydrogen-bond acceptors (Lipinski definition) is 4. The van der Waals surface area contributed by atoms with Gasteiger partial charge in [0.05, 0.1) is 6.20 Å². The van der Waals surface area contributed by atoms with E-state index in [-0.39, 0.29) is 5.82 Å². The number of aromatic nitrogens is 1. The largest absolute Gasteiger partial charge is 0.479 e. The molecule has 0 saturated carbocycles. The van der Waals surface area contributed by atoms with Gasteiger partial charge in [0.15, 0.2) is 6.04 Å². The van der Waals surface area contributed by atoms with E-state index in [0.29, 0.717) is 15.0 Å². The number of nitrogens with one attached hydrogen (secondary N) is 1. The van der Waals surface area contributed by atoms with Crippen molar-refractivity contribution in [3.05, 3.63) is 45.6 Å². The van der Waals surface area contributed by atoms with Gasteiger partial charge in [0, 0.05) is 5.69 Å². The zero-order valence-corrected chi connectivity index (χ0v) is 10.5. The molecule has 1 aromatic carbocycles. The van der Waals surface area contributed by atoms with E-state index in [4.69, 9.17) is 16.7 Å². The molecule has 1 aromatic heterocycles. The molecule has 2 rings (SSSR count). The van der Waals surface area contributed by atoms with Gasteiger partial charge >= 0.3 is 5.97 Å². The molecule has 4 nitrogen and oxygen atoms in total. The Balaban J connectivity index is 2.22. The molecule has 0 radical (unpaired) electrons. The number of nitrogens with zero attached hydrogens (tertiary/aromatic N) is 1. The van der Waals surface area contributed by atoms with E-state index in [1.807, 2.05) is 0 Å². The summed E-state index contributed by atoms with van der Waals surface area (Å²) in [5.74, 6) is -1.46. The van der Waals surface area contributed by atoms with E-state index in [1.165, 1.54) is 30.5 Å². The lowest BCUT2D eigenvalue weighted by molar-refractivity contribution is -0.138. The van der Waals surface area contributed by atoms with Crippen LogP contribution in [0.4, 0.5) is 10.1 Å². The van der Waals surface area contributed by atoms with Gasteiger partial charge in [-0.1, -0.05) is 11.6 Å². The van der Waals surface area contributed by atoms with Gasteiger partial charge in [-0.05, 0) is 24.3 Å². The molecule has 2 N–H and O–H groups in total. The Labute approximate surface area is 111 Å². The Kier molecular flexibility index (Phi) is 3.78. The van der Waals surface area contributed by atoms with Crippen molar-refractivity contribution in [3.8, 4) is 0 Å². The Hall–Kier alpha value is -1.66. The first kappa shape index (κ1) is 12.8. The van der Waals surface area contributed by atoms with Crippen molar-refractivity contribution in [2.75, 3.05) is 5.32 Å². The molecule has 1 unspecified atom stereocenters. The normalized spacial score (nSPS) is 12.1. The molecule has 7 heteroatoms. The zero-order chi connectivity index (χ0) is 13.1. The van der Waals surface area contributed by atoms with Crippen LogP contribution in [0.3, 0.4) is 0 Å². The Morgan fingerprint density at radius 1 is 1.44 bits per heavy atom. The summed E-state index contributed by atoms with van der Waals surface area (Å²) in [4.78, 5) is 15.1. The predicted octanol–water partition coefficient (Wildman–Crippen LogP) is 3.17. The summed E-state index contributed by atoms with van der Waals surface area (Å²) in [7, 11) is 0. The topological polar surface area (TPSA) is 62.2 Å². The van der Waals surface area contributed by atoms with E-state index in [1.54, 1.807) is 0 Å². The van der Waals surface area contributed by atoms with Crippen LogP contribution in [-0.2, 0) is 4.79 Å². The van der Waals surface area contributed by atoms with Crippen LogP contribution in [0.15, 0.2) is 30.5 Å².